The van der Waals surface area contributed by atoms with Gasteiger partial charge >= 0.3 is 0 Å². The van der Waals surface area contributed by atoms with Crippen LogP contribution in [0.15, 0.2) is 36.5 Å². The number of fused-ring (bicyclic) bond motifs is 1. The minimum absolute atomic E-state index is 0.374. The van der Waals surface area contributed by atoms with Crippen LogP contribution in [0.1, 0.15) is 34.2 Å². The molecule has 1 aliphatic rings. The summed E-state index contributed by atoms with van der Waals surface area (Å²) in [6.07, 6.45) is 3.71. The molecule has 4 heteroatoms. The molecule has 18 heavy (non-hydrogen) atoms. The third-order valence-corrected chi connectivity index (χ3v) is 3.53. The van der Waals surface area contributed by atoms with Gasteiger partial charge in [0.05, 0.1) is 0 Å². The summed E-state index contributed by atoms with van der Waals surface area (Å²) in [7, 11) is 0. The summed E-state index contributed by atoms with van der Waals surface area (Å²) in [5, 5.41) is 0. The Morgan fingerprint density at radius 3 is 2.83 bits per heavy atom. The second kappa shape index (κ2) is 4.29. The highest BCUT2D eigenvalue weighted by Gasteiger charge is 2.22. The molecule has 0 spiro atoms. The largest absolute Gasteiger partial charge is 0.364 e. The van der Waals surface area contributed by atoms with Crippen LogP contribution in [0.25, 0.3) is 0 Å². The normalized spacial score (nSPS) is 18.3. The molecular formula is C14H15N3O. The van der Waals surface area contributed by atoms with Gasteiger partial charge in [-0.3, -0.25) is 4.79 Å². The molecule has 0 saturated heterocycles. The molecule has 1 aromatic carbocycles. The van der Waals surface area contributed by atoms with Gasteiger partial charge in [-0.15, -0.1) is 0 Å². The van der Waals surface area contributed by atoms with E-state index in [1.165, 1.54) is 5.56 Å². The first kappa shape index (κ1) is 11.0. The molecule has 1 unspecified atom stereocenters. The lowest BCUT2D eigenvalue weighted by Gasteiger charge is -2.23. The fraction of sp³-hybridized carbons (Fsp3) is 0.286. The van der Waals surface area contributed by atoms with E-state index < -0.39 is 5.91 Å². The molecule has 2 aromatic rings. The minimum atomic E-state index is -0.451. The smallest absolute Gasteiger partial charge is 0.268 e. The van der Waals surface area contributed by atoms with Crippen LogP contribution < -0.4 is 5.73 Å². The molecule has 0 radical (unpaired) electrons. The first-order valence-corrected chi connectivity index (χ1v) is 6.15. The predicted octanol–water partition coefficient (Wildman–Crippen LogP) is 1.71. The average molecular weight is 241 g/mol. The number of aryl methyl sites for hydroxylation is 1. The number of nitrogens with two attached hydrogens (primary N) is 1. The predicted molar refractivity (Wildman–Crippen MR) is 68.2 cm³/mol. The molecule has 0 aliphatic carbocycles. The van der Waals surface area contributed by atoms with Crippen LogP contribution in [0.2, 0.25) is 0 Å². The second-order valence-corrected chi connectivity index (χ2v) is 4.70. The van der Waals surface area contributed by atoms with Gasteiger partial charge in [0.25, 0.3) is 5.91 Å². The molecule has 0 bridgehead atoms. The van der Waals surface area contributed by atoms with Crippen molar-refractivity contribution < 1.29 is 4.79 Å². The molecule has 2 heterocycles. The Morgan fingerprint density at radius 1 is 1.33 bits per heavy atom. The number of nitrogens with zero attached hydrogens (tertiary/aromatic N) is 2. The molecule has 1 amide bonds. The summed E-state index contributed by atoms with van der Waals surface area (Å²) in [5.41, 5.74) is 6.97. The first-order chi connectivity index (χ1) is 8.74. The van der Waals surface area contributed by atoms with Gasteiger partial charge in [-0.1, -0.05) is 30.3 Å². The standard InChI is InChI=1S/C14H15N3O/c15-14(18)12-9-17-7-6-11(8-13(17)16-12)10-4-2-1-3-5-10/h1-5,9,11H,6-8H2,(H2,15,18). The molecule has 1 aliphatic heterocycles. The van der Waals surface area contributed by atoms with Crippen molar-refractivity contribution >= 4 is 5.91 Å². The van der Waals surface area contributed by atoms with E-state index in [0.717, 1.165) is 25.2 Å². The highest BCUT2D eigenvalue weighted by Crippen LogP contribution is 2.28. The average Bonchev–Trinajstić information content (AvgIpc) is 2.82. The Labute approximate surface area is 105 Å². The molecule has 1 aromatic heterocycles. The summed E-state index contributed by atoms with van der Waals surface area (Å²) in [5.74, 6) is 0.999. The quantitative estimate of drug-likeness (QED) is 0.870. The monoisotopic (exact) mass is 241 g/mol. The summed E-state index contributed by atoms with van der Waals surface area (Å²) in [4.78, 5) is 15.4. The fourth-order valence-corrected chi connectivity index (χ4v) is 2.56. The van der Waals surface area contributed by atoms with Gasteiger partial charge in [0.15, 0.2) is 0 Å². The van der Waals surface area contributed by atoms with Crippen molar-refractivity contribution in [3.63, 3.8) is 0 Å². The maximum absolute atomic E-state index is 11.1. The van der Waals surface area contributed by atoms with Gasteiger partial charge in [0, 0.05) is 19.2 Å². The number of amides is 1. The molecular weight excluding hydrogens is 226 g/mol. The summed E-state index contributed by atoms with van der Waals surface area (Å²) >= 11 is 0. The van der Waals surface area contributed by atoms with Crippen molar-refractivity contribution in [2.45, 2.75) is 25.3 Å². The van der Waals surface area contributed by atoms with E-state index in [2.05, 4.69) is 29.2 Å². The zero-order valence-electron chi connectivity index (χ0n) is 10.0. The Kier molecular flexibility index (Phi) is 2.63. The third kappa shape index (κ3) is 1.90. The lowest BCUT2D eigenvalue weighted by atomic mass is 9.90. The Balaban J connectivity index is 1.87. The van der Waals surface area contributed by atoms with E-state index in [0.29, 0.717) is 11.6 Å². The van der Waals surface area contributed by atoms with E-state index in [1.54, 1.807) is 6.20 Å². The molecule has 2 N–H and O–H groups in total. The van der Waals surface area contributed by atoms with Crippen LogP contribution in [0.5, 0.6) is 0 Å². The summed E-state index contributed by atoms with van der Waals surface area (Å²) in [6, 6.07) is 10.4. The van der Waals surface area contributed by atoms with Crippen molar-refractivity contribution in [3.8, 4) is 0 Å². The van der Waals surface area contributed by atoms with Crippen LogP contribution in [-0.2, 0) is 13.0 Å². The molecule has 0 fully saturated rings. The number of carbonyl (C=O) groups excluding carboxylic acids is 1. The molecule has 92 valence electrons. The van der Waals surface area contributed by atoms with Gasteiger partial charge in [0.2, 0.25) is 0 Å². The zero-order valence-corrected chi connectivity index (χ0v) is 10.0. The van der Waals surface area contributed by atoms with Crippen molar-refractivity contribution in [2.24, 2.45) is 5.73 Å². The zero-order chi connectivity index (χ0) is 12.5. The topological polar surface area (TPSA) is 60.9 Å². The van der Waals surface area contributed by atoms with E-state index in [-0.39, 0.29) is 0 Å². The van der Waals surface area contributed by atoms with E-state index in [4.69, 9.17) is 5.73 Å². The van der Waals surface area contributed by atoms with Gasteiger partial charge in [-0.2, -0.15) is 0 Å². The van der Waals surface area contributed by atoms with Crippen LogP contribution in [0.4, 0.5) is 0 Å². The molecule has 3 rings (SSSR count). The van der Waals surface area contributed by atoms with Gasteiger partial charge in [-0.25, -0.2) is 4.98 Å². The minimum Gasteiger partial charge on any atom is -0.364 e. The first-order valence-electron chi connectivity index (χ1n) is 6.15. The van der Waals surface area contributed by atoms with Gasteiger partial charge in [-0.05, 0) is 17.9 Å². The van der Waals surface area contributed by atoms with Crippen LogP contribution >= 0.6 is 0 Å². The summed E-state index contributed by atoms with van der Waals surface area (Å²) < 4.78 is 2.04. The van der Waals surface area contributed by atoms with E-state index in [9.17, 15) is 4.79 Å². The Bertz CT molecular complexity index is 574. The second-order valence-electron chi connectivity index (χ2n) is 4.70. The van der Waals surface area contributed by atoms with Crippen molar-refractivity contribution in [1.82, 2.24) is 9.55 Å². The maximum Gasteiger partial charge on any atom is 0.268 e. The Hall–Kier alpha value is -2.10. The number of imidazole rings is 1. The highest BCUT2D eigenvalue weighted by atomic mass is 16.1. The van der Waals surface area contributed by atoms with Crippen LogP contribution in [0, 0.1) is 0 Å². The van der Waals surface area contributed by atoms with Gasteiger partial charge < -0.3 is 10.3 Å². The van der Waals surface area contributed by atoms with E-state index >= 15 is 0 Å². The van der Waals surface area contributed by atoms with E-state index in [1.807, 2.05) is 10.6 Å². The maximum atomic E-state index is 11.1. The Morgan fingerprint density at radius 2 is 2.11 bits per heavy atom. The molecule has 1 atom stereocenters. The van der Waals surface area contributed by atoms with Crippen LogP contribution in [0.3, 0.4) is 0 Å². The number of rotatable bonds is 2. The number of hydrogen-bond donors (Lipinski definition) is 1. The van der Waals surface area contributed by atoms with Gasteiger partial charge in [0.1, 0.15) is 11.5 Å². The molecule has 4 nitrogen and oxygen atoms in total. The number of carbonyl (C=O) groups is 1. The SMILES string of the molecule is NC(=O)c1cn2c(n1)CC(c1ccccc1)CC2. The lowest BCUT2D eigenvalue weighted by Crippen LogP contribution is -2.17. The third-order valence-electron chi connectivity index (χ3n) is 3.53. The number of aromatic nitrogens is 2. The number of hydrogen-bond acceptors (Lipinski definition) is 2. The van der Waals surface area contributed by atoms with Crippen molar-refractivity contribution in [1.29, 1.82) is 0 Å². The number of benzene rings is 1. The molecule has 0 saturated carbocycles. The lowest BCUT2D eigenvalue weighted by molar-refractivity contribution is 0.0996. The highest BCUT2D eigenvalue weighted by molar-refractivity contribution is 5.90. The fourth-order valence-electron chi connectivity index (χ4n) is 2.56. The van der Waals surface area contributed by atoms with Crippen molar-refractivity contribution in [3.05, 3.63) is 53.6 Å². The summed E-state index contributed by atoms with van der Waals surface area (Å²) in [6.45, 7) is 0.898. The van der Waals surface area contributed by atoms with Crippen molar-refractivity contribution in [2.75, 3.05) is 0 Å². The van der Waals surface area contributed by atoms with Crippen LogP contribution in [-0.4, -0.2) is 15.5 Å². The number of primary amides is 1.